The average molecular weight is 379 g/mol. The number of aryl methyl sites for hydroxylation is 1. The van der Waals surface area contributed by atoms with Gasteiger partial charge >= 0.3 is 0 Å². The predicted octanol–water partition coefficient (Wildman–Crippen LogP) is 3.09. The SMILES string of the molecule is COc1ccc(-c2nc(SCc3cc(=O)n4cccc(C)c4n3)n[nH]2)cc1. The maximum absolute atomic E-state index is 12.3. The molecule has 0 aliphatic heterocycles. The van der Waals surface area contributed by atoms with E-state index in [2.05, 4.69) is 20.2 Å². The topological polar surface area (TPSA) is 85.2 Å². The Morgan fingerprint density at radius 1 is 1.19 bits per heavy atom. The zero-order valence-electron chi connectivity index (χ0n) is 14.8. The van der Waals surface area contributed by atoms with Crippen molar-refractivity contribution in [3.8, 4) is 17.1 Å². The van der Waals surface area contributed by atoms with Gasteiger partial charge in [-0.2, -0.15) is 0 Å². The number of fused-ring (bicyclic) bond motifs is 1. The van der Waals surface area contributed by atoms with Crippen molar-refractivity contribution >= 4 is 17.4 Å². The lowest BCUT2D eigenvalue weighted by molar-refractivity contribution is 0.415. The Labute approximate surface area is 159 Å². The van der Waals surface area contributed by atoms with Crippen LogP contribution in [-0.2, 0) is 5.75 Å². The molecule has 1 N–H and O–H groups in total. The van der Waals surface area contributed by atoms with E-state index in [1.807, 2.05) is 43.3 Å². The molecule has 0 aliphatic rings. The number of benzene rings is 1. The van der Waals surface area contributed by atoms with Crippen molar-refractivity contribution in [2.45, 2.75) is 17.8 Å². The van der Waals surface area contributed by atoms with Crippen LogP contribution in [0.3, 0.4) is 0 Å². The normalized spacial score (nSPS) is 11.0. The highest BCUT2D eigenvalue weighted by Gasteiger charge is 2.09. The lowest BCUT2D eigenvalue weighted by Crippen LogP contribution is -2.15. The Bertz CT molecular complexity index is 1150. The highest BCUT2D eigenvalue weighted by Crippen LogP contribution is 2.23. The number of aromatic amines is 1. The molecule has 1 aromatic carbocycles. The Kier molecular flexibility index (Phi) is 4.64. The molecule has 8 heteroatoms. The van der Waals surface area contributed by atoms with E-state index in [0.717, 1.165) is 16.9 Å². The summed E-state index contributed by atoms with van der Waals surface area (Å²) in [5, 5.41) is 7.78. The highest BCUT2D eigenvalue weighted by molar-refractivity contribution is 7.98. The van der Waals surface area contributed by atoms with Gasteiger partial charge < -0.3 is 4.74 Å². The summed E-state index contributed by atoms with van der Waals surface area (Å²) in [6, 6.07) is 12.9. The summed E-state index contributed by atoms with van der Waals surface area (Å²) in [5.41, 5.74) is 3.17. The van der Waals surface area contributed by atoms with Gasteiger partial charge in [-0.15, -0.1) is 5.10 Å². The van der Waals surface area contributed by atoms with Gasteiger partial charge in [0.2, 0.25) is 5.16 Å². The average Bonchev–Trinajstić information content (AvgIpc) is 3.16. The maximum atomic E-state index is 12.3. The number of pyridine rings is 1. The van der Waals surface area contributed by atoms with Crippen LogP contribution in [0.1, 0.15) is 11.3 Å². The van der Waals surface area contributed by atoms with Crippen LogP contribution in [0.4, 0.5) is 0 Å². The molecule has 0 unspecified atom stereocenters. The monoisotopic (exact) mass is 379 g/mol. The van der Waals surface area contributed by atoms with E-state index in [1.165, 1.54) is 11.8 Å². The Morgan fingerprint density at radius 2 is 2.00 bits per heavy atom. The summed E-state index contributed by atoms with van der Waals surface area (Å²) in [4.78, 5) is 21.4. The number of thioether (sulfide) groups is 1. The Hall–Kier alpha value is -3.13. The summed E-state index contributed by atoms with van der Waals surface area (Å²) in [5.74, 6) is 1.99. The number of hydrogen-bond acceptors (Lipinski definition) is 6. The summed E-state index contributed by atoms with van der Waals surface area (Å²) in [6.07, 6.45) is 1.73. The minimum Gasteiger partial charge on any atom is -0.497 e. The number of rotatable bonds is 5. The van der Waals surface area contributed by atoms with Gasteiger partial charge in [0.15, 0.2) is 5.82 Å². The summed E-state index contributed by atoms with van der Waals surface area (Å²) in [6.45, 7) is 1.94. The number of nitrogens with zero attached hydrogens (tertiary/aromatic N) is 4. The second-order valence-electron chi connectivity index (χ2n) is 5.95. The minimum atomic E-state index is -0.0896. The fourth-order valence-corrected chi connectivity index (χ4v) is 3.40. The fraction of sp³-hybridized carbons (Fsp3) is 0.158. The van der Waals surface area contributed by atoms with Crippen LogP contribution in [0.25, 0.3) is 17.0 Å². The van der Waals surface area contributed by atoms with Gasteiger partial charge in [-0.05, 0) is 42.8 Å². The van der Waals surface area contributed by atoms with Crippen molar-refractivity contribution in [1.29, 1.82) is 0 Å². The Morgan fingerprint density at radius 3 is 2.78 bits per heavy atom. The van der Waals surface area contributed by atoms with Crippen LogP contribution < -0.4 is 10.3 Å². The van der Waals surface area contributed by atoms with Gasteiger partial charge in [-0.25, -0.2) is 9.97 Å². The zero-order chi connectivity index (χ0) is 18.8. The fourth-order valence-electron chi connectivity index (χ4n) is 2.71. The van der Waals surface area contributed by atoms with Gasteiger partial charge in [0.05, 0.1) is 12.8 Å². The first kappa shape index (κ1) is 17.3. The molecule has 7 nitrogen and oxygen atoms in total. The number of aromatic nitrogens is 5. The molecule has 0 bridgehead atoms. The number of hydrogen-bond donors (Lipinski definition) is 1. The molecule has 0 saturated carbocycles. The third-order valence-corrected chi connectivity index (χ3v) is 5.00. The zero-order valence-corrected chi connectivity index (χ0v) is 15.7. The first-order valence-corrected chi connectivity index (χ1v) is 9.30. The maximum Gasteiger partial charge on any atom is 0.258 e. The van der Waals surface area contributed by atoms with Crippen LogP contribution in [-0.4, -0.2) is 31.7 Å². The second kappa shape index (κ2) is 7.24. The third-order valence-electron chi connectivity index (χ3n) is 4.12. The van der Waals surface area contributed by atoms with E-state index >= 15 is 0 Å². The largest absolute Gasteiger partial charge is 0.497 e. The number of H-pyrrole nitrogens is 1. The van der Waals surface area contributed by atoms with E-state index < -0.39 is 0 Å². The predicted molar refractivity (Wildman–Crippen MR) is 104 cm³/mol. The molecule has 27 heavy (non-hydrogen) atoms. The van der Waals surface area contributed by atoms with Crippen LogP contribution in [0.2, 0.25) is 0 Å². The van der Waals surface area contributed by atoms with Gasteiger partial charge in [0.25, 0.3) is 5.56 Å². The number of ether oxygens (including phenoxy) is 1. The molecule has 3 aromatic heterocycles. The third kappa shape index (κ3) is 3.56. The van der Waals surface area contributed by atoms with Gasteiger partial charge in [-0.3, -0.25) is 14.3 Å². The van der Waals surface area contributed by atoms with Crippen LogP contribution in [0, 0.1) is 6.92 Å². The molecule has 0 radical (unpaired) electrons. The lowest BCUT2D eigenvalue weighted by Gasteiger charge is -2.05. The van der Waals surface area contributed by atoms with Crippen molar-refractivity contribution in [2.75, 3.05) is 7.11 Å². The first-order valence-electron chi connectivity index (χ1n) is 8.31. The van der Waals surface area contributed by atoms with E-state index in [4.69, 9.17) is 4.74 Å². The molecule has 0 atom stereocenters. The van der Waals surface area contributed by atoms with Crippen LogP contribution in [0.5, 0.6) is 5.75 Å². The van der Waals surface area contributed by atoms with Crippen LogP contribution >= 0.6 is 11.8 Å². The van der Waals surface area contributed by atoms with E-state index in [-0.39, 0.29) is 5.56 Å². The van der Waals surface area contributed by atoms with E-state index in [1.54, 1.807) is 23.8 Å². The highest BCUT2D eigenvalue weighted by atomic mass is 32.2. The first-order chi connectivity index (χ1) is 13.1. The molecular weight excluding hydrogens is 362 g/mol. The molecule has 0 saturated heterocycles. The van der Waals surface area contributed by atoms with Crippen molar-refractivity contribution < 1.29 is 4.74 Å². The molecule has 0 fully saturated rings. The van der Waals surface area contributed by atoms with Crippen molar-refractivity contribution in [2.24, 2.45) is 0 Å². The molecule has 4 aromatic rings. The van der Waals surface area contributed by atoms with Crippen LogP contribution in [0.15, 0.2) is 58.6 Å². The van der Waals surface area contributed by atoms with Crippen molar-refractivity contribution in [3.63, 3.8) is 0 Å². The second-order valence-corrected chi connectivity index (χ2v) is 6.90. The molecule has 0 spiro atoms. The smallest absolute Gasteiger partial charge is 0.258 e. The number of nitrogens with one attached hydrogen (secondary N) is 1. The minimum absolute atomic E-state index is 0.0896. The van der Waals surface area contributed by atoms with Gasteiger partial charge in [0.1, 0.15) is 11.4 Å². The molecule has 0 aliphatic carbocycles. The number of methoxy groups -OCH3 is 1. The van der Waals surface area contributed by atoms with Gasteiger partial charge in [-0.1, -0.05) is 17.8 Å². The molecule has 0 amide bonds. The Balaban J connectivity index is 1.52. The van der Waals surface area contributed by atoms with E-state index in [9.17, 15) is 4.79 Å². The molecular formula is C19H17N5O2S. The van der Waals surface area contributed by atoms with Crippen molar-refractivity contribution in [3.05, 3.63) is 70.3 Å². The standard InChI is InChI=1S/C19H17N5O2S/c1-12-4-3-9-24-16(25)10-14(20-18(12)24)11-27-19-21-17(22-23-19)13-5-7-15(26-2)8-6-13/h3-10H,11H2,1-2H3,(H,21,22,23). The summed E-state index contributed by atoms with van der Waals surface area (Å²) in [7, 11) is 1.63. The van der Waals surface area contributed by atoms with E-state index in [0.29, 0.717) is 28.1 Å². The van der Waals surface area contributed by atoms with Gasteiger partial charge in [0, 0.05) is 23.6 Å². The lowest BCUT2D eigenvalue weighted by atomic mass is 10.2. The summed E-state index contributed by atoms with van der Waals surface area (Å²) >= 11 is 1.43. The quantitative estimate of drug-likeness (QED) is 0.537. The van der Waals surface area contributed by atoms with Crippen molar-refractivity contribution in [1.82, 2.24) is 24.6 Å². The molecule has 136 valence electrons. The molecule has 3 heterocycles. The molecule has 4 rings (SSSR count). The summed E-state index contributed by atoms with van der Waals surface area (Å²) < 4.78 is 6.72.